The third kappa shape index (κ3) is 6.49. The molecule has 0 saturated carbocycles. The summed E-state index contributed by atoms with van der Waals surface area (Å²) in [6.07, 6.45) is 6.90. The van der Waals surface area contributed by atoms with E-state index in [1.807, 2.05) is 0 Å². The van der Waals surface area contributed by atoms with Gasteiger partial charge in [0.15, 0.2) is 0 Å². The van der Waals surface area contributed by atoms with Gasteiger partial charge in [-0.1, -0.05) is 38.3 Å². The van der Waals surface area contributed by atoms with Gasteiger partial charge in [-0.05, 0) is 50.2 Å². The van der Waals surface area contributed by atoms with Gasteiger partial charge in [0.25, 0.3) is 0 Å². The van der Waals surface area contributed by atoms with E-state index in [9.17, 15) is 0 Å². The first-order valence-electron chi connectivity index (χ1n) is 8.53. The first-order chi connectivity index (χ1) is 10.4. The van der Waals surface area contributed by atoms with E-state index in [0.29, 0.717) is 0 Å². The molecule has 0 spiro atoms. The Kier molecular flexibility index (Phi) is 7.61. The lowest BCUT2D eigenvalue weighted by molar-refractivity contribution is 0.195. The van der Waals surface area contributed by atoms with Crippen LogP contribution in [-0.2, 0) is 6.54 Å². The monoisotopic (exact) mass is 290 g/mol. The first kappa shape index (κ1) is 16.3. The number of hydrogen-bond acceptors (Lipinski definition) is 3. The van der Waals surface area contributed by atoms with E-state index in [1.165, 1.54) is 50.8 Å². The van der Waals surface area contributed by atoms with Crippen LogP contribution in [0.4, 0.5) is 0 Å². The van der Waals surface area contributed by atoms with Crippen molar-refractivity contribution in [3.8, 4) is 5.75 Å². The van der Waals surface area contributed by atoms with Gasteiger partial charge in [-0.15, -0.1) is 0 Å². The molecule has 1 aliphatic heterocycles. The molecule has 0 radical (unpaired) electrons. The third-order valence-electron chi connectivity index (χ3n) is 4.13. The Labute approximate surface area is 129 Å². The van der Waals surface area contributed by atoms with Crippen LogP contribution in [-0.4, -0.2) is 37.7 Å². The minimum absolute atomic E-state index is 0.798. The molecule has 1 aromatic carbocycles. The highest BCUT2D eigenvalue weighted by Gasteiger charge is 2.07. The van der Waals surface area contributed by atoms with Crippen LogP contribution in [0.2, 0.25) is 0 Å². The van der Waals surface area contributed by atoms with E-state index in [0.717, 1.165) is 32.0 Å². The molecule has 1 aromatic rings. The van der Waals surface area contributed by atoms with Crippen LogP contribution in [0, 0.1) is 0 Å². The molecule has 1 saturated heterocycles. The molecule has 2 rings (SSSR count). The number of rotatable bonds is 7. The van der Waals surface area contributed by atoms with Crippen molar-refractivity contribution in [1.29, 1.82) is 0 Å². The Hall–Kier alpha value is -1.06. The van der Waals surface area contributed by atoms with Gasteiger partial charge in [0.2, 0.25) is 0 Å². The van der Waals surface area contributed by atoms with Crippen molar-refractivity contribution in [2.75, 3.05) is 32.8 Å². The fraction of sp³-hybridized carbons (Fsp3) is 0.667. The summed E-state index contributed by atoms with van der Waals surface area (Å²) in [5.74, 6) is 0.988. The van der Waals surface area contributed by atoms with E-state index >= 15 is 0 Å². The summed E-state index contributed by atoms with van der Waals surface area (Å²) in [5, 5.41) is 3.33. The van der Waals surface area contributed by atoms with Gasteiger partial charge in [-0.3, -0.25) is 4.90 Å². The maximum absolute atomic E-state index is 5.88. The zero-order valence-corrected chi connectivity index (χ0v) is 13.4. The van der Waals surface area contributed by atoms with Crippen molar-refractivity contribution in [1.82, 2.24) is 10.2 Å². The molecule has 118 valence electrons. The molecule has 1 fully saturated rings. The summed E-state index contributed by atoms with van der Waals surface area (Å²) in [7, 11) is 0. The number of ether oxygens (including phenoxy) is 1. The normalized spacial score (nSPS) is 17.2. The average Bonchev–Trinajstić information content (AvgIpc) is 2.48. The van der Waals surface area contributed by atoms with Crippen molar-refractivity contribution in [3.63, 3.8) is 0 Å². The molecule has 3 nitrogen and oxygen atoms in total. The largest absolute Gasteiger partial charge is 0.492 e. The van der Waals surface area contributed by atoms with Crippen LogP contribution in [0.25, 0.3) is 0 Å². The second-order valence-corrected chi connectivity index (χ2v) is 5.88. The SMILES string of the molecule is CCNCc1ccc(OCCN2CCCCCCC2)cc1. The second-order valence-electron chi connectivity index (χ2n) is 5.88. The van der Waals surface area contributed by atoms with E-state index < -0.39 is 0 Å². The second kappa shape index (κ2) is 9.80. The lowest BCUT2D eigenvalue weighted by Gasteiger charge is -2.24. The Morgan fingerprint density at radius 3 is 2.33 bits per heavy atom. The van der Waals surface area contributed by atoms with Crippen molar-refractivity contribution in [2.45, 2.75) is 45.6 Å². The zero-order chi connectivity index (χ0) is 14.8. The van der Waals surface area contributed by atoms with Crippen LogP contribution in [0.1, 0.15) is 44.6 Å². The van der Waals surface area contributed by atoms with Gasteiger partial charge in [0, 0.05) is 13.1 Å². The molecule has 1 N–H and O–H groups in total. The van der Waals surface area contributed by atoms with Crippen molar-refractivity contribution in [2.24, 2.45) is 0 Å². The Morgan fingerprint density at radius 1 is 1.00 bits per heavy atom. The number of nitrogens with one attached hydrogen (secondary N) is 1. The summed E-state index contributed by atoms with van der Waals surface area (Å²) in [4.78, 5) is 2.55. The van der Waals surface area contributed by atoms with Crippen LogP contribution in [0.3, 0.4) is 0 Å². The molecule has 0 unspecified atom stereocenters. The predicted molar refractivity (Wildman–Crippen MR) is 88.8 cm³/mol. The maximum Gasteiger partial charge on any atom is 0.119 e. The number of likely N-dealkylation sites (tertiary alicyclic amines) is 1. The molecule has 0 amide bonds. The quantitative estimate of drug-likeness (QED) is 0.832. The first-order valence-corrected chi connectivity index (χ1v) is 8.53. The van der Waals surface area contributed by atoms with Crippen molar-refractivity contribution < 1.29 is 4.74 Å². The molecular weight excluding hydrogens is 260 g/mol. The number of benzene rings is 1. The van der Waals surface area contributed by atoms with E-state index in [2.05, 4.69) is 41.4 Å². The van der Waals surface area contributed by atoms with Crippen molar-refractivity contribution in [3.05, 3.63) is 29.8 Å². The van der Waals surface area contributed by atoms with Crippen LogP contribution >= 0.6 is 0 Å². The average molecular weight is 290 g/mol. The lowest BCUT2D eigenvalue weighted by atomic mass is 10.1. The standard InChI is InChI=1S/C18H30N2O/c1-2-19-16-17-8-10-18(11-9-17)21-15-14-20-12-6-4-3-5-7-13-20/h8-11,19H,2-7,12-16H2,1H3. The molecule has 0 aromatic heterocycles. The molecule has 0 atom stereocenters. The van der Waals surface area contributed by atoms with Crippen LogP contribution < -0.4 is 10.1 Å². The highest BCUT2D eigenvalue weighted by molar-refractivity contribution is 5.27. The molecule has 1 aliphatic rings. The summed E-state index contributed by atoms with van der Waals surface area (Å²) >= 11 is 0. The summed E-state index contributed by atoms with van der Waals surface area (Å²) in [6, 6.07) is 8.46. The molecule has 0 bridgehead atoms. The Balaban J connectivity index is 1.67. The molecule has 21 heavy (non-hydrogen) atoms. The van der Waals surface area contributed by atoms with Crippen molar-refractivity contribution >= 4 is 0 Å². The minimum Gasteiger partial charge on any atom is -0.492 e. The summed E-state index contributed by atoms with van der Waals surface area (Å²) < 4.78 is 5.88. The Bertz CT molecular complexity index is 369. The molecular formula is C18H30N2O. The molecule has 3 heteroatoms. The van der Waals surface area contributed by atoms with E-state index in [4.69, 9.17) is 4.74 Å². The predicted octanol–water partition coefficient (Wildman–Crippen LogP) is 3.44. The van der Waals surface area contributed by atoms with Crippen LogP contribution in [0.5, 0.6) is 5.75 Å². The van der Waals surface area contributed by atoms with Gasteiger partial charge in [-0.25, -0.2) is 0 Å². The highest BCUT2D eigenvalue weighted by Crippen LogP contribution is 2.13. The maximum atomic E-state index is 5.88. The van der Waals surface area contributed by atoms with E-state index in [-0.39, 0.29) is 0 Å². The van der Waals surface area contributed by atoms with Gasteiger partial charge >= 0.3 is 0 Å². The third-order valence-corrected chi connectivity index (χ3v) is 4.13. The number of hydrogen-bond donors (Lipinski definition) is 1. The molecule has 0 aliphatic carbocycles. The topological polar surface area (TPSA) is 24.5 Å². The van der Waals surface area contributed by atoms with Gasteiger partial charge < -0.3 is 10.1 Å². The Morgan fingerprint density at radius 2 is 1.67 bits per heavy atom. The summed E-state index contributed by atoms with van der Waals surface area (Å²) in [6.45, 7) is 8.41. The zero-order valence-electron chi connectivity index (χ0n) is 13.4. The summed E-state index contributed by atoms with van der Waals surface area (Å²) in [5.41, 5.74) is 1.31. The lowest BCUT2D eigenvalue weighted by Crippen LogP contribution is -2.31. The smallest absolute Gasteiger partial charge is 0.119 e. The van der Waals surface area contributed by atoms with Crippen LogP contribution in [0.15, 0.2) is 24.3 Å². The fourth-order valence-corrected chi connectivity index (χ4v) is 2.80. The highest BCUT2D eigenvalue weighted by atomic mass is 16.5. The van der Waals surface area contributed by atoms with Gasteiger partial charge in [0.1, 0.15) is 12.4 Å². The minimum atomic E-state index is 0.798. The number of nitrogens with zero attached hydrogens (tertiary/aromatic N) is 1. The fourth-order valence-electron chi connectivity index (χ4n) is 2.80. The van der Waals surface area contributed by atoms with Gasteiger partial charge in [0.05, 0.1) is 0 Å². The van der Waals surface area contributed by atoms with Gasteiger partial charge in [-0.2, -0.15) is 0 Å². The molecule has 1 heterocycles. The van der Waals surface area contributed by atoms with E-state index in [1.54, 1.807) is 0 Å².